The normalized spacial score (nSPS) is 15.4. The van der Waals surface area contributed by atoms with Crippen molar-refractivity contribution in [3.8, 4) is 0 Å². The number of nitrogens with one attached hydrogen (secondary N) is 1. The number of aryl methyl sites for hydroxylation is 1. The zero-order valence-corrected chi connectivity index (χ0v) is 7.80. The van der Waals surface area contributed by atoms with Crippen LogP contribution in [-0.4, -0.2) is 10.8 Å². The summed E-state index contributed by atoms with van der Waals surface area (Å²) in [5.41, 5.74) is 7.13. The Labute approximate surface area is 81.1 Å². The van der Waals surface area contributed by atoms with Gasteiger partial charge in [-0.05, 0) is 18.9 Å². The third-order valence-electron chi connectivity index (χ3n) is 2.55. The third kappa shape index (κ3) is 1.37. The number of pyridine rings is 1. The lowest BCUT2D eigenvalue weighted by atomic mass is 9.94. The molecule has 0 saturated heterocycles. The van der Waals surface area contributed by atoms with Crippen LogP contribution in [0.2, 0.25) is 0 Å². The maximum absolute atomic E-state index is 11.5. The molecule has 0 aromatic carbocycles. The molecule has 3 N–H and O–H groups in total. The molecule has 0 fully saturated rings. The summed E-state index contributed by atoms with van der Waals surface area (Å²) in [7, 11) is 0. The first-order valence-electron chi connectivity index (χ1n) is 4.70. The van der Waals surface area contributed by atoms with Crippen LogP contribution < -0.4 is 11.3 Å². The molecular formula is C10H12N2O2. The van der Waals surface area contributed by atoms with Crippen molar-refractivity contribution >= 4 is 5.78 Å². The van der Waals surface area contributed by atoms with Gasteiger partial charge in [0.1, 0.15) is 0 Å². The quantitative estimate of drug-likeness (QED) is 0.674. The van der Waals surface area contributed by atoms with Crippen molar-refractivity contribution in [2.75, 3.05) is 0 Å². The molecule has 0 spiro atoms. The van der Waals surface area contributed by atoms with E-state index in [1.807, 2.05) is 0 Å². The van der Waals surface area contributed by atoms with Crippen LogP contribution in [-0.2, 0) is 13.0 Å². The van der Waals surface area contributed by atoms with Crippen LogP contribution >= 0.6 is 0 Å². The van der Waals surface area contributed by atoms with Crippen molar-refractivity contribution in [1.29, 1.82) is 0 Å². The predicted molar refractivity (Wildman–Crippen MR) is 52.2 cm³/mol. The Balaban J connectivity index is 2.60. The topological polar surface area (TPSA) is 76.0 Å². The fourth-order valence-electron chi connectivity index (χ4n) is 1.77. The lowest BCUT2D eigenvalue weighted by Crippen LogP contribution is -2.23. The highest BCUT2D eigenvalue weighted by atomic mass is 16.1. The maximum Gasteiger partial charge on any atom is 0.252 e. The van der Waals surface area contributed by atoms with Gasteiger partial charge in [-0.25, -0.2) is 0 Å². The van der Waals surface area contributed by atoms with Crippen molar-refractivity contribution in [3.05, 3.63) is 33.2 Å². The van der Waals surface area contributed by atoms with E-state index >= 15 is 0 Å². The number of rotatable bonds is 1. The smallest absolute Gasteiger partial charge is 0.252 e. The summed E-state index contributed by atoms with van der Waals surface area (Å²) in [5, 5.41) is 0. The standard InChI is InChI=1S/C10H12N2O2/c11-5-6-4-7-8(12-10(6)14)2-1-3-9(7)13/h4H,1-3,5,11H2,(H,12,14). The Bertz CT molecular complexity index is 434. The average molecular weight is 192 g/mol. The minimum atomic E-state index is -0.166. The minimum Gasteiger partial charge on any atom is -0.326 e. The van der Waals surface area contributed by atoms with Crippen LogP contribution in [0, 0.1) is 0 Å². The molecule has 2 rings (SSSR count). The van der Waals surface area contributed by atoms with Gasteiger partial charge in [0.2, 0.25) is 0 Å². The van der Waals surface area contributed by atoms with E-state index in [9.17, 15) is 9.59 Å². The Kier molecular flexibility index (Phi) is 2.21. The summed E-state index contributed by atoms with van der Waals surface area (Å²) in [6.45, 7) is 0.176. The number of hydrogen-bond donors (Lipinski definition) is 2. The first kappa shape index (κ1) is 9.15. The second-order valence-electron chi connectivity index (χ2n) is 3.50. The Morgan fingerprint density at radius 2 is 2.14 bits per heavy atom. The van der Waals surface area contributed by atoms with Gasteiger partial charge in [0, 0.05) is 29.8 Å². The summed E-state index contributed by atoms with van der Waals surface area (Å²) < 4.78 is 0. The van der Waals surface area contributed by atoms with E-state index in [2.05, 4.69) is 4.98 Å². The van der Waals surface area contributed by atoms with E-state index in [0.717, 1.165) is 18.5 Å². The van der Waals surface area contributed by atoms with Crippen LogP contribution in [0.5, 0.6) is 0 Å². The second kappa shape index (κ2) is 3.38. The van der Waals surface area contributed by atoms with Gasteiger partial charge in [0.25, 0.3) is 5.56 Å². The number of ketones is 1. The molecule has 0 amide bonds. The number of fused-ring (bicyclic) bond motifs is 1. The average Bonchev–Trinajstić information content (AvgIpc) is 2.17. The predicted octanol–water partition coefficient (Wildman–Crippen LogP) is 0.353. The van der Waals surface area contributed by atoms with Gasteiger partial charge in [-0.1, -0.05) is 0 Å². The minimum absolute atomic E-state index is 0.109. The lowest BCUT2D eigenvalue weighted by molar-refractivity contribution is 0.0971. The van der Waals surface area contributed by atoms with Gasteiger partial charge in [-0.3, -0.25) is 9.59 Å². The van der Waals surface area contributed by atoms with Crippen molar-refractivity contribution in [3.63, 3.8) is 0 Å². The van der Waals surface area contributed by atoms with Crippen molar-refractivity contribution in [1.82, 2.24) is 4.98 Å². The highest BCUT2D eigenvalue weighted by Crippen LogP contribution is 2.18. The number of carbonyl (C=O) groups is 1. The Hall–Kier alpha value is -1.42. The van der Waals surface area contributed by atoms with Crippen LogP contribution in [0.4, 0.5) is 0 Å². The Morgan fingerprint density at radius 1 is 1.36 bits per heavy atom. The molecule has 0 unspecified atom stereocenters. The first-order valence-corrected chi connectivity index (χ1v) is 4.70. The summed E-state index contributed by atoms with van der Waals surface area (Å²) in [4.78, 5) is 25.6. The third-order valence-corrected chi connectivity index (χ3v) is 2.55. The van der Waals surface area contributed by atoms with Crippen molar-refractivity contribution in [2.45, 2.75) is 25.8 Å². The van der Waals surface area contributed by atoms with E-state index in [4.69, 9.17) is 5.73 Å². The van der Waals surface area contributed by atoms with E-state index in [0.29, 0.717) is 17.5 Å². The molecule has 1 aromatic rings. The second-order valence-corrected chi connectivity index (χ2v) is 3.50. The summed E-state index contributed by atoms with van der Waals surface area (Å²) in [6, 6.07) is 1.63. The van der Waals surface area contributed by atoms with Gasteiger partial charge in [-0.2, -0.15) is 0 Å². The SMILES string of the molecule is NCc1cc2c([nH]c1=O)CCCC2=O. The molecule has 4 heteroatoms. The van der Waals surface area contributed by atoms with Gasteiger partial charge < -0.3 is 10.7 Å². The highest BCUT2D eigenvalue weighted by molar-refractivity contribution is 5.98. The zero-order valence-electron chi connectivity index (χ0n) is 7.80. The summed E-state index contributed by atoms with van der Waals surface area (Å²) in [5.74, 6) is 0.109. The summed E-state index contributed by atoms with van der Waals surface area (Å²) in [6.07, 6.45) is 2.17. The Morgan fingerprint density at radius 3 is 2.86 bits per heavy atom. The van der Waals surface area contributed by atoms with Gasteiger partial charge in [0.15, 0.2) is 5.78 Å². The number of H-pyrrole nitrogens is 1. The number of Topliss-reactive ketones (excluding diaryl/α,β-unsaturated/α-hetero) is 1. The maximum atomic E-state index is 11.5. The van der Waals surface area contributed by atoms with E-state index < -0.39 is 0 Å². The molecule has 0 aliphatic heterocycles. The molecule has 0 atom stereocenters. The van der Waals surface area contributed by atoms with Crippen LogP contribution in [0.1, 0.15) is 34.5 Å². The molecule has 0 saturated carbocycles. The van der Waals surface area contributed by atoms with Crippen LogP contribution in [0.15, 0.2) is 10.9 Å². The molecular weight excluding hydrogens is 180 g/mol. The molecule has 74 valence electrons. The first-order chi connectivity index (χ1) is 6.72. The van der Waals surface area contributed by atoms with E-state index in [1.54, 1.807) is 6.07 Å². The fourth-order valence-corrected chi connectivity index (χ4v) is 1.77. The van der Waals surface area contributed by atoms with Gasteiger partial charge in [0.05, 0.1) is 0 Å². The highest BCUT2D eigenvalue weighted by Gasteiger charge is 2.18. The largest absolute Gasteiger partial charge is 0.326 e. The molecule has 1 aliphatic carbocycles. The molecule has 4 nitrogen and oxygen atoms in total. The fraction of sp³-hybridized carbons (Fsp3) is 0.400. The van der Waals surface area contributed by atoms with Gasteiger partial charge >= 0.3 is 0 Å². The number of aromatic nitrogens is 1. The molecule has 1 heterocycles. The number of hydrogen-bond acceptors (Lipinski definition) is 3. The zero-order chi connectivity index (χ0) is 10.1. The molecule has 0 bridgehead atoms. The van der Waals surface area contributed by atoms with Crippen LogP contribution in [0.25, 0.3) is 0 Å². The molecule has 1 aliphatic rings. The number of nitrogens with two attached hydrogens (primary N) is 1. The van der Waals surface area contributed by atoms with Crippen LogP contribution in [0.3, 0.4) is 0 Å². The van der Waals surface area contributed by atoms with E-state index in [-0.39, 0.29) is 17.9 Å². The molecule has 1 aromatic heterocycles. The van der Waals surface area contributed by atoms with Crippen molar-refractivity contribution in [2.24, 2.45) is 5.73 Å². The monoisotopic (exact) mass is 192 g/mol. The van der Waals surface area contributed by atoms with Crippen molar-refractivity contribution < 1.29 is 4.79 Å². The number of aromatic amines is 1. The van der Waals surface area contributed by atoms with E-state index in [1.165, 1.54) is 0 Å². The summed E-state index contributed by atoms with van der Waals surface area (Å²) >= 11 is 0. The lowest BCUT2D eigenvalue weighted by Gasteiger charge is -2.14. The van der Waals surface area contributed by atoms with Gasteiger partial charge in [-0.15, -0.1) is 0 Å². The number of carbonyl (C=O) groups excluding carboxylic acids is 1. The molecule has 14 heavy (non-hydrogen) atoms. The molecule has 0 radical (unpaired) electrons.